The fourth-order valence-electron chi connectivity index (χ4n) is 3.24. The van der Waals surface area contributed by atoms with Gasteiger partial charge in [0, 0.05) is 17.8 Å². The van der Waals surface area contributed by atoms with Gasteiger partial charge in [0.25, 0.3) is 5.56 Å². The SMILES string of the molecule is CSc1ncc2c(N(C(=O)OC(C)(C)C)C(=O)OC(C)(C)C)cc(=O)n(Cc3ccccc3F)c2n1. The Balaban J connectivity index is 2.27. The molecule has 0 fully saturated rings. The van der Waals surface area contributed by atoms with Crippen LogP contribution in [0.5, 0.6) is 0 Å². The van der Waals surface area contributed by atoms with Crippen molar-refractivity contribution >= 4 is 40.7 Å². The average molecular weight is 517 g/mol. The highest BCUT2D eigenvalue weighted by Gasteiger charge is 2.34. The van der Waals surface area contributed by atoms with E-state index < -0.39 is 34.8 Å². The minimum Gasteiger partial charge on any atom is -0.443 e. The van der Waals surface area contributed by atoms with E-state index in [4.69, 9.17) is 9.47 Å². The highest BCUT2D eigenvalue weighted by molar-refractivity contribution is 7.98. The predicted molar refractivity (Wildman–Crippen MR) is 136 cm³/mol. The topological polar surface area (TPSA) is 104 Å². The number of hydrogen-bond donors (Lipinski definition) is 0. The summed E-state index contributed by atoms with van der Waals surface area (Å²) < 4.78 is 26.6. The summed E-state index contributed by atoms with van der Waals surface area (Å²) in [5.41, 5.74) is -2.18. The highest BCUT2D eigenvalue weighted by Crippen LogP contribution is 2.29. The van der Waals surface area contributed by atoms with Crippen molar-refractivity contribution in [3.05, 3.63) is 58.3 Å². The van der Waals surface area contributed by atoms with Crippen molar-refractivity contribution in [3.63, 3.8) is 0 Å². The van der Waals surface area contributed by atoms with E-state index in [1.807, 2.05) is 0 Å². The van der Waals surface area contributed by atoms with Crippen molar-refractivity contribution < 1.29 is 23.5 Å². The number of ether oxygens (including phenoxy) is 2. The van der Waals surface area contributed by atoms with Crippen LogP contribution in [-0.4, -0.2) is 44.2 Å². The van der Waals surface area contributed by atoms with Crippen molar-refractivity contribution in [2.24, 2.45) is 0 Å². The standard InChI is InChI=1S/C25H29FN4O5S/c1-24(2,3)34-22(32)30(23(33)35-25(4,5)6)18-12-19(31)29(14-15-10-8-9-11-17(15)26)20-16(18)13-27-21(28-20)36-7/h8-13H,14H2,1-7H3. The summed E-state index contributed by atoms with van der Waals surface area (Å²) in [6, 6.07) is 7.17. The molecule has 0 radical (unpaired) electrons. The maximum Gasteiger partial charge on any atom is 0.424 e. The largest absolute Gasteiger partial charge is 0.443 e. The van der Waals surface area contributed by atoms with Gasteiger partial charge < -0.3 is 9.47 Å². The van der Waals surface area contributed by atoms with Crippen LogP contribution in [0.1, 0.15) is 47.1 Å². The zero-order valence-electron chi connectivity index (χ0n) is 21.3. The Bertz CT molecular complexity index is 1330. The number of rotatable bonds is 4. The third-order valence-electron chi connectivity index (χ3n) is 4.67. The minimum atomic E-state index is -1.03. The number of imide groups is 1. The molecule has 3 rings (SSSR count). The van der Waals surface area contributed by atoms with Gasteiger partial charge >= 0.3 is 12.2 Å². The third-order valence-corrected chi connectivity index (χ3v) is 5.23. The van der Waals surface area contributed by atoms with Gasteiger partial charge in [0.05, 0.1) is 17.6 Å². The van der Waals surface area contributed by atoms with Crippen LogP contribution in [0.2, 0.25) is 0 Å². The lowest BCUT2D eigenvalue weighted by Gasteiger charge is -2.29. The molecule has 36 heavy (non-hydrogen) atoms. The fraction of sp³-hybridized carbons (Fsp3) is 0.400. The van der Waals surface area contributed by atoms with Gasteiger partial charge in [-0.1, -0.05) is 30.0 Å². The number of carbonyl (C=O) groups is 2. The first-order valence-corrected chi connectivity index (χ1v) is 12.4. The molecule has 0 saturated carbocycles. The Morgan fingerprint density at radius 3 is 2.17 bits per heavy atom. The number of halogens is 1. The van der Waals surface area contributed by atoms with Gasteiger partial charge in [-0.15, -0.1) is 0 Å². The molecule has 0 aliphatic rings. The van der Waals surface area contributed by atoms with Crippen molar-refractivity contribution in [3.8, 4) is 0 Å². The molecule has 0 aliphatic heterocycles. The van der Waals surface area contributed by atoms with Crippen LogP contribution in [0.25, 0.3) is 11.0 Å². The molecule has 1 aromatic carbocycles. The molecule has 11 heteroatoms. The monoisotopic (exact) mass is 516 g/mol. The quantitative estimate of drug-likeness (QED) is 0.336. The van der Waals surface area contributed by atoms with Gasteiger partial charge in [0.2, 0.25) is 0 Å². The lowest BCUT2D eigenvalue weighted by molar-refractivity contribution is 0.0431. The normalized spacial score (nSPS) is 11.9. The van der Waals surface area contributed by atoms with E-state index in [2.05, 4.69) is 9.97 Å². The Hall–Kier alpha value is -3.47. The van der Waals surface area contributed by atoms with E-state index in [1.165, 1.54) is 28.6 Å². The maximum atomic E-state index is 14.4. The van der Waals surface area contributed by atoms with Crippen molar-refractivity contribution in [1.82, 2.24) is 14.5 Å². The number of carbonyl (C=O) groups excluding carboxylic acids is 2. The second-order valence-electron chi connectivity index (χ2n) is 9.94. The number of benzene rings is 1. The first-order chi connectivity index (χ1) is 16.7. The van der Waals surface area contributed by atoms with Crippen LogP contribution >= 0.6 is 11.8 Å². The molecule has 3 aromatic rings. The Morgan fingerprint density at radius 1 is 1.06 bits per heavy atom. The van der Waals surface area contributed by atoms with E-state index in [9.17, 15) is 18.8 Å². The van der Waals surface area contributed by atoms with Crippen LogP contribution in [0, 0.1) is 5.82 Å². The Morgan fingerprint density at radius 2 is 1.64 bits per heavy atom. The minimum absolute atomic E-state index is 0.101. The maximum absolute atomic E-state index is 14.4. The zero-order chi connectivity index (χ0) is 26.8. The second-order valence-corrected chi connectivity index (χ2v) is 10.7. The summed E-state index contributed by atoms with van der Waals surface area (Å²) in [5, 5.41) is 0.558. The van der Waals surface area contributed by atoms with Gasteiger partial charge in [0.15, 0.2) is 5.16 Å². The van der Waals surface area contributed by atoms with E-state index in [1.54, 1.807) is 66.0 Å². The number of hydrogen-bond acceptors (Lipinski definition) is 8. The first-order valence-electron chi connectivity index (χ1n) is 11.1. The number of aromatic nitrogens is 3. The molecule has 0 bridgehead atoms. The Labute approximate surface area is 212 Å². The molecular weight excluding hydrogens is 487 g/mol. The molecule has 2 aromatic heterocycles. The average Bonchev–Trinajstić information content (AvgIpc) is 2.74. The summed E-state index contributed by atoms with van der Waals surface area (Å²) >= 11 is 1.24. The molecule has 0 N–H and O–H groups in total. The number of amides is 2. The van der Waals surface area contributed by atoms with Crippen molar-refractivity contribution in [2.45, 2.75) is 64.4 Å². The summed E-state index contributed by atoms with van der Waals surface area (Å²) in [4.78, 5) is 49.1. The summed E-state index contributed by atoms with van der Waals surface area (Å²) in [7, 11) is 0. The number of anilines is 1. The smallest absolute Gasteiger partial charge is 0.424 e. The van der Waals surface area contributed by atoms with Gasteiger partial charge in [-0.2, -0.15) is 4.90 Å². The molecule has 192 valence electrons. The van der Waals surface area contributed by atoms with Gasteiger partial charge in [-0.05, 0) is 53.9 Å². The molecule has 9 nitrogen and oxygen atoms in total. The molecule has 2 heterocycles. The number of nitrogens with zero attached hydrogens (tertiary/aromatic N) is 4. The summed E-state index contributed by atoms with van der Waals surface area (Å²) in [5.74, 6) is -0.482. The summed E-state index contributed by atoms with van der Waals surface area (Å²) in [6.45, 7) is 9.78. The Kier molecular flexibility index (Phi) is 7.73. The van der Waals surface area contributed by atoms with Gasteiger partial charge in [-0.25, -0.2) is 23.9 Å². The molecule has 0 atom stereocenters. The molecule has 0 unspecified atom stereocenters. The first kappa shape index (κ1) is 27.1. The van der Waals surface area contributed by atoms with Crippen LogP contribution < -0.4 is 10.5 Å². The molecular formula is C25H29FN4O5S. The zero-order valence-corrected chi connectivity index (χ0v) is 22.1. The van der Waals surface area contributed by atoms with E-state index >= 15 is 0 Å². The number of fused-ring (bicyclic) bond motifs is 1. The number of pyridine rings is 1. The second kappa shape index (κ2) is 10.3. The van der Waals surface area contributed by atoms with Crippen LogP contribution in [0.4, 0.5) is 19.7 Å². The van der Waals surface area contributed by atoms with Crippen molar-refractivity contribution in [1.29, 1.82) is 0 Å². The molecule has 0 aliphatic carbocycles. The molecule has 0 spiro atoms. The van der Waals surface area contributed by atoms with Crippen LogP contribution in [0.3, 0.4) is 0 Å². The fourth-order valence-corrected chi connectivity index (χ4v) is 3.58. The lowest BCUT2D eigenvalue weighted by atomic mass is 10.2. The summed E-state index contributed by atoms with van der Waals surface area (Å²) in [6.07, 6.45) is 1.11. The number of thioether (sulfide) groups is 1. The van der Waals surface area contributed by atoms with Gasteiger partial charge in [0.1, 0.15) is 22.7 Å². The van der Waals surface area contributed by atoms with Crippen molar-refractivity contribution in [2.75, 3.05) is 11.2 Å². The predicted octanol–water partition coefficient (Wildman–Crippen LogP) is 5.38. The van der Waals surface area contributed by atoms with Crippen LogP contribution in [-0.2, 0) is 16.0 Å². The lowest BCUT2D eigenvalue weighted by Crippen LogP contribution is -2.44. The van der Waals surface area contributed by atoms with Crippen LogP contribution in [0.15, 0.2) is 46.5 Å². The van der Waals surface area contributed by atoms with E-state index in [0.29, 0.717) is 10.1 Å². The highest BCUT2D eigenvalue weighted by atomic mass is 32.2. The van der Waals surface area contributed by atoms with Gasteiger partial charge in [-0.3, -0.25) is 9.36 Å². The molecule has 2 amide bonds. The van der Waals surface area contributed by atoms with E-state index in [0.717, 1.165) is 6.07 Å². The molecule has 0 saturated heterocycles. The van der Waals surface area contributed by atoms with E-state index in [-0.39, 0.29) is 28.8 Å². The third kappa shape index (κ3) is 6.39.